The Hall–Kier alpha value is -0.630. The van der Waals surface area contributed by atoms with Gasteiger partial charge in [-0.3, -0.25) is 4.79 Å². The molecule has 0 aliphatic carbocycles. The Balaban J connectivity index is 3.43. The number of hydrogen-bond donors (Lipinski definition) is 1. The maximum Gasteiger partial charge on any atom is 0.255 e. The van der Waals surface area contributed by atoms with E-state index in [9.17, 15) is 13.2 Å². The van der Waals surface area contributed by atoms with Gasteiger partial charge in [-0.15, -0.1) is 0 Å². The minimum atomic E-state index is -3.90. The quantitative estimate of drug-likeness (QED) is 0.883. The summed E-state index contributed by atoms with van der Waals surface area (Å²) >= 11 is 9.17. The predicted octanol–water partition coefficient (Wildman–Crippen LogP) is 2.23. The Morgan fingerprint density at radius 1 is 1.37 bits per heavy atom. The molecule has 0 radical (unpaired) electrons. The Morgan fingerprint density at radius 2 is 1.89 bits per heavy atom. The monoisotopic (exact) mass is 368 g/mol. The Kier molecular flexibility index (Phi) is 5.37. The summed E-state index contributed by atoms with van der Waals surface area (Å²) < 4.78 is 23.1. The molecule has 1 rings (SSSR count). The number of primary sulfonamides is 1. The highest BCUT2D eigenvalue weighted by Crippen LogP contribution is 2.30. The zero-order chi connectivity index (χ0) is 14.8. The minimum absolute atomic E-state index is 0.115. The molecule has 0 unspecified atom stereocenters. The topological polar surface area (TPSA) is 80.5 Å². The molecule has 5 nitrogen and oxygen atoms in total. The van der Waals surface area contributed by atoms with Crippen LogP contribution >= 0.6 is 27.5 Å². The number of carbonyl (C=O) groups is 1. The van der Waals surface area contributed by atoms with Crippen LogP contribution < -0.4 is 5.14 Å². The molecule has 0 aliphatic rings. The standard InChI is InChI=1S/C11H14BrClN2O3S/c1-3-15(4-2)11(16)8-5-7(19(14,17)18)6-9(12)10(8)13/h5-6H,3-4H2,1-2H3,(H2,14,17,18). The lowest BCUT2D eigenvalue weighted by Gasteiger charge is -2.20. The van der Waals surface area contributed by atoms with Crippen LogP contribution in [-0.2, 0) is 10.0 Å². The number of nitrogens with two attached hydrogens (primary N) is 1. The number of sulfonamides is 1. The number of amides is 1. The normalized spacial score (nSPS) is 11.4. The molecule has 1 amide bonds. The fraction of sp³-hybridized carbons (Fsp3) is 0.364. The van der Waals surface area contributed by atoms with Crippen molar-refractivity contribution in [3.05, 3.63) is 27.2 Å². The molecule has 2 N–H and O–H groups in total. The number of hydrogen-bond acceptors (Lipinski definition) is 3. The molecule has 0 aliphatic heterocycles. The minimum Gasteiger partial charge on any atom is -0.339 e. The van der Waals surface area contributed by atoms with Gasteiger partial charge < -0.3 is 4.90 Å². The molecule has 0 aromatic heterocycles. The summed E-state index contributed by atoms with van der Waals surface area (Å²) in [6.07, 6.45) is 0. The first-order chi connectivity index (χ1) is 8.72. The lowest BCUT2D eigenvalue weighted by molar-refractivity contribution is 0.0773. The molecule has 0 spiro atoms. The van der Waals surface area contributed by atoms with E-state index in [1.165, 1.54) is 12.1 Å². The van der Waals surface area contributed by atoms with Crippen molar-refractivity contribution in [1.82, 2.24) is 4.90 Å². The molecule has 19 heavy (non-hydrogen) atoms. The van der Waals surface area contributed by atoms with Gasteiger partial charge in [0.2, 0.25) is 10.0 Å². The van der Waals surface area contributed by atoms with E-state index in [0.29, 0.717) is 17.6 Å². The van der Waals surface area contributed by atoms with Crippen LogP contribution in [0.4, 0.5) is 0 Å². The van der Waals surface area contributed by atoms with Crippen LogP contribution in [0.1, 0.15) is 24.2 Å². The van der Waals surface area contributed by atoms with Gasteiger partial charge in [-0.05, 0) is 41.9 Å². The van der Waals surface area contributed by atoms with Crippen LogP contribution in [0.15, 0.2) is 21.5 Å². The average Bonchev–Trinajstić information content (AvgIpc) is 2.32. The number of halogens is 2. The van der Waals surface area contributed by atoms with E-state index in [1.807, 2.05) is 13.8 Å². The van der Waals surface area contributed by atoms with Crippen molar-refractivity contribution in [3.63, 3.8) is 0 Å². The van der Waals surface area contributed by atoms with Crippen LogP contribution in [0, 0.1) is 0 Å². The van der Waals surface area contributed by atoms with Crippen molar-refractivity contribution in [2.75, 3.05) is 13.1 Å². The summed E-state index contributed by atoms with van der Waals surface area (Å²) in [6, 6.07) is 2.47. The number of rotatable bonds is 4. The van der Waals surface area contributed by atoms with Crippen molar-refractivity contribution in [1.29, 1.82) is 0 Å². The van der Waals surface area contributed by atoms with Gasteiger partial charge in [-0.1, -0.05) is 11.6 Å². The fourth-order valence-electron chi connectivity index (χ4n) is 1.57. The molecular weight excluding hydrogens is 356 g/mol. The SMILES string of the molecule is CCN(CC)C(=O)c1cc(S(N)(=O)=O)cc(Br)c1Cl. The third-order valence-electron chi connectivity index (χ3n) is 2.61. The van der Waals surface area contributed by atoms with E-state index >= 15 is 0 Å². The number of nitrogens with zero attached hydrogens (tertiary/aromatic N) is 1. The van der Waals surface area contributed by atoms with Gasteiger partial charge in [-0.25, -0.2) is 13.6 Å². The van der Waals surface area contributed by atoms with E-state index in [1.54, 1.807) is 4.90 Å². The summed E-state index contributed by atoms with van der Waals surface area (Å²) in [5, 5.41) is 5.24. The van der Waals surface area contributed by atoms with E-state index in [4.69, 9.17) is 16.7 Å². The van der Waals surface area contributed by atoms with Crippen LogP contribution in [0.5, 0.6) is 0 Å². The zero-order valence-corrected chi connectivity index (χ0v) is 13.6. The van der Waals surface area contributed by atoms with Gasteiger partial charge in [0.15, 0.2) is 0 Å². The van der Waals surface area contributed by atoms with E-state index < -0.39 is 10.0 Å². The largest absolute Gasteiger partial charge is 0.339 e. The summed E-state index contributed by atoms with van der Waals surface area (Å²) in [6.45, 7) is 4.66. The van der Waals surface area contributed by atoms with Gasteiger partial charge in [0, 0.05) is 17.6 Å². The molecule has 0 atom stereocenters. The van der Waals surface area contributed by atoms with E-state index in [-0.39, 0.29) is 21.4 Å². The zero-order valence-electron chi connectivity index (χ0n) is 10.5. The van der Waals surface area contributed by atoms with Gasteiger partial charge in [0.1, 0.15) is 0 Å². The highest BCUT2D eigenvalue weighted by Gasteiger charge is 2.21. The van der Waals surface area contributed by atoms with Gasteiger partial charge in [0.05, 0.1) is 15.5 Å². The molecule has 0 saturated carbocycles. The molecule has 1 aromatic carbocycles. The average molecular weight is 370 g/mol. The molecule has 106 valence electrons. The van der Waals surface area contributed by atoms with Gasteiger partial charge in [0.25, 0.3) is 5.91 Å². The van der Waals surface area contributed by atoms with Crippen LogP contribution in [0.2, 0.25) is 5.02 Å². The maximum atomic E-state index is 12.2. The second-order valence-electron chi connectivity index (χ2n) is 3.79. The van der Waals surface area contributed by atoms with Gasteiger partial charge in [-0.2, -0.15) is 0 Å². The van der Waals surface area contributed by atoms with Crippen LogP contribution in [-0.4, -0.2) is 32.3 Å². The fourth-order valence-corrected chi connectivity index (χ4v) is 2.93. The molecule has 0 heterocycles. The van der Waals surface area contributed by atoms with Crippen molar-refractivity contribution in [2.45, 2.75) is 18.7 Å². The third-order valence-corrected chi connectivity index (χ3v) is 4.76. The third kappa shape index (κ3) is 3.68. The van der Waals surface area contributed by atoms with E-state index in [0.717, 1.165) is 0 Å². The second kappa shape index (κ2) is 6.21. The first kappa shape index (κ1) is 16.4. The lowest BCUT2D eigenvalue weighted by Crippen LogP contribution is -2.31. The first-order valence-electron chi connectivity index (χ1n) is 5.53. The van der Waals surface area contributed by atoms with E-state index in [2.05, 4.69) is 15.9 Å². The van der Waals surface area contributed by atoms with Crippen molar-refractivity contribution in [3.8, 4) is 0 Å². The summed E-state index contributed by atoms with van der Waals surface area (Å²) in [4.78, 5) is 13.6. The summed E-state index contributed by atoms with van der Waals surface area (Å²) in [7, 11) is -3.90. The summed E-state index contributed by atoms with van der Waals surface area (Å²) in [5.41, 5.74) is 0.115. The molecule has 8 heteroatoms. The van der Waals surface area contributed by atoms with Crippen molar-refractivity contribution < 1.29 is 13.2 Å². The smallest absolute Gasteiger partial charge is 0.255 e. The highest BCUT2D eigenvalue weighted by atomic mass is 79.9. The Morgan fingerprint density at radius 3 is 2.32 bits per heavy atom. The molecule has 1 aromatic rings. The lowest BCUT2D eigenvalue weighted by atomic mass is 10.2. The second-order valence-corrected chi connectivity index (χ2v) is 6.58. The van der Waals surface area contributed by atoms with Crippen LogP contribution in [0.25, 0.3) is 0 Å². The number of benzene rings is 1. The molecular formula is C11H14BrClN2O3S. The molecule has 0 saturated heterocycles. The first-order valence-corrected chi connectivity index (χ1v) is 8.25. The Labute approximate surface area is 125 Å². The van der Waals surface area contributed by atoms with Gasteiger partial charge >= 0.3 is 0 Å². The Bertz CT molecular complexity index is 600. The number of carbonyl (C=O) groups excluding carboxylic acids is 1. The molecule has 0 fully saturated rings. The van der Waals surface area contributed by atoms with Crippen LogP contribution in [0.3, 0.4) is 0 Å². The maximum absolute atomic E-state index is 12.2. The summed E-state index contributed by atoms with van der Waals surface area (Å²) in [5.74, 6) is -0.332. The van der Waals surface area contributed by atoms with Crippen molar-refractivity contribution >= 4 is 43.5 Å². The predicted molar refractivity (Wildman–Crippen MR) is 77.8 cm³/mol. The molecule has 0 bridgehead atoms. The van der Waals surface area contributed by atoms with Crippen molar-refractivity contribution in [2.24, 2.45) is 5.14 Å². The highest BCUT2D eigenvalue weighted by molar-refractivity contribution is 9.10.